The second-order valence-corrected chi connectivity index (χ2v) is 5.10. The van der Waals surface area contributed by atoms with E-state index >= 15 is 0 Å². The minimum Gasteiger partial charge on any atom is -0.304 e. The first kappa shape index (κ1) is 14.9. The third kappa shape index (κ3) is 3.56. The van der Waals surface area contributed by atoms with E-state index in [4.69, 9.17) is 11.6 Å². The average Bonchev–Trinajstić information content (AvgIpc) is 2.46. The molecular formula is C16H16ClF2N. The number of rotatable bonds is 5. The van der Waals surface area contributed by atoms with Crippen LogP contribution in [-0.4, -0.2) is 6.54 Å². The van der Waals surface area contributed by atoms with Gasteiger partial charge in [-0.25, -0.2) is 0 Å². The Morgan fingerprint density at radius 3 is 2.30 bits per heavy atom. The summed E-state index contributed by atoms with van der Waals surface area (Å²) in [5, 5.41) is 3.42. The molecule has 20 heavy (non-hydrogen) atoms. The third-order valence-corrected chi connectivity index (χ3v) is 3.54. The SMILES string of the molecule is CC(NCC(F)(F)c1ccccc1)c1ccccc1Cl. The fourth-order valence-electron chi connectivity index (χ4n) is 2.00. The summed E-state index contributed by atoms with van der Waals surface area (Å²) in [4.78, 5) is 0. The maximum atomic E-state index is 14.0. The van der Waals surface area contributed by atoms with Gasteiger partial charge in [0.1, 0.15) is 0 Å². The minimum atomic E-state index is -2.91. The van der Waals surface area contributed by atoms with Gasteiger partial charge < -0.3 is 5.32 Å². The minimum absolute atomic E-state index is 0.0128. The lowest BCUT2D eigenvalue weighted by molar-refractivity contribution is -0.00534. The standard InChI is InChI=1S/C16H16ClF2N/c1-12(14-9-5-6-10-15(14)17)20-11-16(18,19)13-7-3-2-4-8-13/h2-10,12,20H,11H2,1H3. The van der Waals surface area contributed by atoms with Crippen LogP contribution in [0.3, 0.4) is 0 Å². The summed E-state index contributed by atoms with van der Waals surface area (Å²) in [6.45, 7) is 1.39. The Morgan fingerprint density at radius 2 is 1.65 bits per heavy atom. The van der Waals surface area contributed by atoms with E-state index < -0.39 is 12.5 Å². The molecular weight excluding hydrogens is 280 g/mol. The zero-order chi connectivity index (χ0) is 14.6. The first-order chi connectivity index (χ1) is 9.50. The topological polar surface area (TPSA) is 12.0 Å². The highest BCUT2D eigenvalue weighted by molar-refractivity contribution is 6.31. The van der Waals surface area contributed by atoms with E-state index in [2.05, 4.69) is 5.32 Å². The lowest BCUT2D eigenvalue weighted by Gasteiger charge is -2.21. The Bertz CT molecular complexity index is 557. The van der Waals surface area contributed by atoms with Crippen molar-refractivity contribution in [2.75, 3.05) is 6.54 Å². The predicted molar refractivity (Wildman–Crippen MR) is 78.2 cm³/mol. The monoisotopic (exact) mass is 295 g/mol. The highest BCUT2D eigenvalue weighted by Crippen LogP contribution is 2.28. The molecule has 1 nitrogen and oxygen atoms in total. The first-order valence-electron chi connectivity index (χ1n) is 6.42. The fourth-order valence-corrected chi connectivity index (χ4v) is 2.30. The molecule has 0 spiro atoms. The van der Waals surface area contributed by atoms with E-state index in [-0.39, 0.29) is 11.6 Å². The first-order valence-corrected chi connectivity index (χ1v) is 6.79. The second-order valence-electron chi connectivity index (χ2n) is 4.69. The van der Waals surface area contributed by atoms with Gasteiger partial charge in [-0.15, -0.1) is 0 Å². The average molecular weight is 296 g/mol. The number of benzene rings is 2. The van der Waals surface area contributed by atoms with E-state index in [0.717, 1.165) is 5.56 Å². The van der Waals surface area contributed by atoms with Crippen LogP contribution in [0.1, 0.15) is 24.1 Å². The van der Waals surface area contributed by atoms with Gasteiger partial charge in [0.05, 0.1) is 6.54 Å². The summed E-state index contributed by atoms with van der Waals surface area (Å²) < 4.78 is 28.1. The Kier molecular flexibility index (Phi) is 4.73. The molecule has 0 aliphatic rings. The molecule has 4 heteroatoms. The van der Waals surface area contributed by atoms with Gasteiger partial charge in [-0.1, -0.05) is 60.1 Å². The molecule has 0 aliphatic carbocycles. The molecule has 2 rings (SSSR count). The molecule has 2 aromatic carbocycles. The predicted octanol–water partition coefficient (Wildman–Crippen LogP) is 4.78. The molecule has 0 radical (unpaired) electrons. The summed E-state index contributed by atoms with van der Waals surface area (Å²) in [5.74, 6) is -2.91. The lowest BCUT2D eigenvalue weighted by atomic mass is 10.1. The number of halogens is 3. The molecule has 0 amide bonds. The van der Waals surface area contributed by atoms with Crippen LogP contribution in [0.25, 0.3) is 0 Å². The van der Waals surface area contributed by atoms with E-state index in [1.54, 1.807) is 24.3 Å². The molecule has 2 aromatic rings. The molecule has 0 saturated carbocycles. The Morgan fingerprint density at radius 1 is 1.05 bits per heavy atom. The van der Waals surface area contributed by atoms with Crippen LogP contribution in [-0.2, 0) is 5.92 Å². The Balaban J connectivity index is 2.03. The highest BCUT2D eigenvalue weighted by Gasteiger charge is 2.31. The number of nitrogens with one attached hydrogen (secondary N) is 1. The van der Waals surface area contributed by atoms with Crippen LogP contribution in [0, 0.1) is 0 Å². The van der Waals surface area contributed by atoms with Crippen molar-refractivity contribution in [3.8, 4) is 0 Å². The van der Waals surface area contributed by atoms with Gasteiger partial charge in [-0.05, 0) is 18.6 Å². The quantitative estimate of drug-likeness (QED) is 0.837. The molecule has 0 aromatic heterocycles. The van der Waals surface area contributed by atoms with Crippen molar-refractivity contribution in [1.82, 2.24) is 5.32 Å². The van der Waals surface area contributed by atoms with Gasteiger partial charge in [-0.2, -0.15) is 8.78 Å². The van der Waals surface area contributed by atoms with Gasteiger partial charge >= 0.3 is 0 Å². The summed E-state index contributed by atoms with van der Waals surface area (Å²) in [7, 11) is 0. The van der Waals surface area contributed by atoms with Crippen LogP contribution in [0.4, 0.5) is 8.78 Å². The zero-order valence-corrected chi connectivity index (χ0v) is 11.9. The van der Waals surface area contributed by atoms with E-state index in [1.807, 2.05) is 25.1 Å². The van der Waals surface area contributed by atoms with Gasteiger partial charge in [-0.3, -0.25) is 0 Å². The summed E-state index contributed by atoms with van der Waals surface area (Å²) in [6, 6.07) is 14.8. The largest absolute Gasteiger partial charge is 0.304 e. The molecule has 0 bridgehead atoms. The van der Waals surface area contributed by atoms with Crippen molar-refractivity contribution in [2.24, 2.45) is 0 Å². The van der Waals surface area contributed by atoms with Gasteiger partial charge in [0.2, 0.25) is 0 Å². The molecule has 0 saturated heterocycles. The molecule has 0 aliphatic heterocycles. The normalized spacial score (nSPS) is 13.2. The van der Waals surface area contributed by atoms with Crippen LogP contribution in [0.15, 0.2) is 54.6 Å². The summed E-state index contributed by atoms with van der Waals surface area (Å²) in [5.41, 5.74) is 0.830. The third-order valence-electron chi connectivity index (χ3n) is 3.20. The van der Waals surface area contributed by atoms with Gasteiger partial charge in [0.25, 0.3) is 5.92 Å². The van der Waals surface area contributed by atoms with Crippen LogP contribution in [0.5, 0.6) is 0 Å². The molecule has 0 heterocycles. The smallest absolute Gasteiger partial charge is 0.285 e. The van der Waals surface area contributed by atoms with Crippen LogP contribution >= 0.6 is 11.6 Å². The van der Waals surface area contributed by atoms with Crippen molar-refractivity contribution in [3.05, 3.63) is 70.7 Å². The van der Waals surface area contributed by atoms with Crippen molar-refractivity contribution >= 4 is 11.6 Å². The maximum Gasteiger partial charge on any atom is 0.285 e. The van der Waals surface area contributed by atoms with Crippen molar-refractivity contribution in [2.45, 2.75) is 18.9 Å². The molecule has 1 unspecified atom stereocenters. The molecule has 1 N–H and O–H groups in total. The Hall–Kier alpha value is -1.45. The number of hydrogen-bond donors (Lipinski definition) is 1. The maximum absolute atomic E-state index is 14.0. The molecule has 0 fully saturated rings. The summed E-state index contributed by atoms with van der Waals surface area (Å²) in [6.07, 6.45) is 0. The number of alkyl halides is 2. The zero-order valence-electron chi connectivity index (χ0n) is 11.1. The van der Waals surface area contributed by atoms with Crippen molar-refractivity contribution in [3.63, 3.8) is 0 Å². The van der Waals surface area contributed by atoms with Gasteiger partial charge in [0, 0.05) is 16.6 Å². The van der Waals surface area contributed by atoms with E-state index in [9.17, 15) is 8.78 Å². The lowest BCUT2D eigenvalue weighted by Crippen LogP contribution is -2.32. The molecule has 106 valence electrons. The van der Waals surface area contributed by atoms with Crippen molar-refractivity contribution < 1.29 is 8.78 Å². The summed E-state index contributed by atoms with van der Waals surface area (Å²) >= 11 is 6.06. The van der Waals surface area contributed by atoms with Crippen molar-refractivity contribution in [1.29, 1.82) is 0 Å². The Labute approximate surface area is 122 Å². The van der Waals surface area contributed by atoms with Crippen LogP contribution in [0.2, 0.25) is 5.02 Å². The second kappa shape index (κ2) is 6.33. The highest BCUT2D eigenvalue weighted by atomic mass is 35.5. The van der Waals surface area contributed by atoms with E-state index in [1.165, 1.54) is 12.1 Å². The molecule has 1 atom stereocenters. The fraction of sp³-hybridized carbons (Fsp3) is 0.250. The number of hydrogen-bond acceptors (Lipinski definition) is 1. The van der Waals surface area contributed by atoms with Crippen LogP contribution < -0.4 is 5.32 Å². The van der Waals surface area contributed by atoms with E-state index in [0.29, 0.717) is 5.02 Å². The van der Waals surface area contributed by atoms with Gasteiger partial charge in [0.15, 0.2) is 0 Å².